The molecule has 1 amide bonds. The fourth-order valence-electron chi connectivity index (χ4n) is 2.76. The van der Waals surface area contributed by atoms with Gasteiger partial charge in [-0.05, 0) is 32.4 Å². The lowest BCUT2D eigenvalue weighted by Gasteiger charge is -2.26. The number of thioether (sulfide) groups is 1. The number of sulfone groups is 1. The zero-order chi connectivity index (χ0) is 20.2. The van der Waals surface area contributed by atoms with Gasteiger partial charge in [0.1, 0.15) is 5.78 Å². The third-order valence-corrected chi connectivity index (χ3v) is 7.24. The van der Waals surface area contributed by atoms with Crippen molar-refractivity contribution >= 4 is 39.3 Å². The van der Waals surface area contributed by atoms with Gasteiger partial charge in [-0.3, -0.25) is 9.59 Å². The van der Waals surface area contributed by atoms with Crippen molar-refractivity contribution in [2.24, 2.45) is 0 Å². The van der Waals surface area contributed by atoms with Crippen LogP contribution >= 0.6 is 11.8 Å². The lowest BCUT2D eigenvalue weighted by molar-refractivity contribution is -0.140. The molecule has 7 nitrogen and oxygen atoms in total. The minimum absolute atomic E-state index is 0.0140. The molecule has 0 spiro atoms. The molecule has 1 aliphatic rings. The fraction of sp³-hybridized carbons (Fsp3) is 0.500. The van der Waals surface area contributed by atoms with E-state index in [-0.39, 0.29) is 28.6 Å². The Balaban J connectivity index is 2.03. The summed E-state index contributed by atoms with van der Waals surface area (Å²) in [7, 11) is -1.59. The van der Waals surface area contributed by atoms with E-state index in [4.69, 9.17) is 4.74 Å². The van der Waals surface area contributed by atoms with Gasteiger partial charge in [0, 0.05) is 18.0 Å². The number of likely N-dealkylation sites (N-methyl/N-ethyl adjacent to an activating group) is 1. The Bertz CT molecular complexity index is 836. The summed E-state index contributed by atoms with van der Waals surface area (Å²) in [6.07, 6.45) is -0.660. The van der Waals surface area contributed by atoms with Crippen molar-refractivity contribution in [1.82, 2.24) is 4.90 Å². The van der Waals surface area contributed by atoms with Crippen molar-refractivity contribution in [2.45, 2.75) is 37.3 Å². The second-order valence-electron chi connectivity index (χ2n) is 6.54. The van der Waals surface area contributed by atoms with Gasteiger partial charge in [0.05, 0.1) is 22.8 Å². The molecule has 0 aromatic heterocycles. The van der Waals surface area contributed by atoms with Crippen molar-refractivity contribution in [3.63, 3.8) is 0 Å². The van der Waals surface area contributed by atoms with Crippen LogP contribution in [0.1, 0.15) is 30.6 Å². The summed E-state index contributed by atoms with van der Waals surface area (Å²) in [5.74, 6) is -0.892. The van der Waals surface area contributed by atoms with Crippen LogP contribution in [-0.2, 0) is 24.2 Å². The van der Waals surface area contributed by atoms with Crippen LogP contribution in [0.4, 0.5) is 0 Å². The van der Waals surface area contributed by atoms with E-state index >= 15 is 0 Å². The summed E-state index contributed by atoms with van der Waals surface area (Å²) in [5.41, 5.74) is 0.287. The summed E-state index contributed by atoms with van der Waals surface area (Å²) in [5, 5.41) is 0. The highest BCUT2D eigenvalue weighted by molar-refractivity contribution is 8.00. The van der Waals surface area contributed by atoms with E-state index in [0.29, 0.717) is 11.3 Å². The second kappa shape index (κ2) is 8.88. The van der Waals surface area contributed by atoms with Crippen LogP contribution in [-0.4, -0.2) is 67.4 Å². The van der Waals surface area contributed by atoms with Crippen LogP contribution in [0.15, 0.2) is 29.2 Å². The third kappa shape index (κ3) is 5.80. The van der Waals surface area contributed by atoms with Gasteiger partial charge < -0.3 is 9.64 Å². The van der Waals surface area contributed by atoms with E-state index in [1.54, 1.807) is 24.3 Å². The van der Waals surface area contributed by atoms with Crippen molar-refractivity contribution in [2.75, 3.05) is 24.3 Å². The third-order valence-electron chi connectivity index (χ3n) is 4.27. The average molecular weight is 414 g/mol. The molecule has 0 saturated carbocycles. The number of hydrogen-bond donors (Lipinski definition) is 0. The summed E-state index contributed by atoms with van der Waals surface area (Å²) in [6.45, 7) is 2.93. The molecule has 0 aliphatic carbocycles. The Morgan fingerprint density at radius 2 is 1.96 bits per heavy atom. The molecule has 0 radical (unpaired) electrons. The Morgan fingerprint density at radius 3 is 2.56 bits per heavy atom. The molecule has 1 aromatic rings. The topological polar surface area (TPSA) is 97.8 Å². The first-order chi connectivity index (χ1) is 12.6. The lowest BCUT2D eigenvalue weighted by atomic mass is 10.2. The highest BCUT2D eigenvalue weighted by Gasteiger charge is 2.35. The molecular weight excluding hydrogens is 390 g/mol. The number of esters is 1. The molecule has 0 unspecified atom stereocenters. The smallest absolute Gasteiger partial charge is 0.340 e. The summed E-state index contributed by atoms with van der Waals surface area (Å²) in [6, 6.07) is 6.32. The first-order valence-corrected chi connectivity index (χ1v) is 11.3. The maximum atomic E-state index is 12.5. The van der Waals surface area contributed by atoms with E-state index in [9.17, 15) is 22.8 Å². The largest absolute Gasteiger partial charge is 0.449 e. The minimum Gasteiger partial charge on any atom is -0.449 e. The Morgan fingerprint density at radius 1 is 1.30 bits per heavy atom. The van der Waals surface area contributed by atoms with Crippen LogP contribution < -0.4 is 0 Å². The number of nitrogens with zero attached hydrogens (tertiary/aromatic N) is 1. The number of Topliss-reactive ketones (excluding diaryl/α,β-unsaturated/α-hetero) is 1. The SMILES string of the molecule is CC(=O)CSc1ccccc1C(=O)O[C@@H](C)C(=O)N(C)[C@H]1CCS(=O)(=O)C1. The molecule has 1 aromatic carbocycles. The van der Waals surface area contributed by atoms with Crippen molar-refractivity contribution in [3.05, 3.63) is 29.8 Å². The number of carbonyl (C=O) groups excluding carboxylic acids is 3. The zero-order valence-electron chi connectivity index (χ0n) is 15.5. The number of ketones is 1. The van der Waals surface area contributed by atoms with Gasteiger partial charge in [0.25, 0.3) is 5.91 Å². The maximum Gasteiger partial charge on any atom is 0.340 e. The van der Waals surface area contributed by atoms with Crippen molar-refractivity contribution in [3.8, 4) is 0 Å². The molecule has 0 N–H and O–H groups in total. The van der Waals surface area contributed by atoms with Crippen LogP contribution in [0.5, 0.6) is 0 Å². The summed E-state index contributed by atoms with van der Waals surface area (Å²) < 4.78 is 28.5. The number of carbonyl (C=O) groups is 3. The second-order valence-corrected chi connectivity index (χ2v) is 9.79. The van der Waals surface area contributed by atoms with E-state index in [1.807, 2.05) is 0 Å². The van der Waals surface area contributed by atoms with E-state index in [0.717, 1.165) is 0 Å². The fourth-order valence-corrected chi connectivity index (χ4v) is 5.38. The predicted molar refractivity (Wildman–Crippen MR) is 103 cm³/mol. The molecular formula is C18H23NO6S2. The number of amides is 1. The molecule has 27 heavy (non-hydrogen) atoms. The first kappa shape index (κ1) is 21.4. The Hall–Kier alpha value is -1.87. The van der Waals surface area contributed by atoms with Crippen molar-refractivity contribution < 1.29 is 27.5 Å². The quantitative estimate of drug-likeness (QED) is 0.494. The van der Waals surface area contributed by atoms with Crippen LogP contribution in [0, 0.1) is 0 Å². The predicted octanol–water partition coefficient (Wildman–Crippen LogP) is 1.56. The van der Waals surface area contributed by atoms with Gasteiger partial charge >= 0.3 is 5.97 Å². The molecule has 1 heterocycles. The molecule has 2 atom stereocenters. The highest BCUT2D eigenvalue weighted by atomic mass is 32.2. The maximum absolute atomic E-state index is 12.5. The Labute approximate surface area is 163 Å². The highest BCUT2D eigenvalue weighted by Crippen LogP contribution is 2.24. The standard InChI is InChI=1S/C18H23NO6S2/c1-12(20)10-26-16-7-5-4-6-15(16)18(22)25-13(2)17(21)19(3)14-8-9-27(23,24)11-14/h4-7,13-14H,8-11H2,1-3H3/t13-,14-/m0/s1. The molecule has 0 bridgehead atoms. The van der Waals surface area contributed by atoms with Crippen LogP contribution in [0.2, 0.25) is 0 Å². The number of rotatable bonds is 7. The summed E-state index contributed by atoms with van der Waals surface area (Å²) >= 11 is 1.23. The average Bonchev–Trinajstić information content (AvgIpc) is 2.98. The number of ether oxygens (including phenoxy) is 1. The number of benzene rings is 1. The normalized spacial score (nSPS) is 19.3. The van der Waals surface area contributed by atoms with Crippen LogP contribution in [0.25, 0.3) is 0 Å². The van der Waals surface area contributed by atoms with Crippen LogP contribution in [0.3, 0.4) is 0 Å². The number of hydrogen-bond acceptors (Lipinski definition) is 7. The molecule has 2 rings (SSSR count). The first-order valence-electron chi connectivity index (χ1n) is 8.50. The zero-order valence-corrected chi connectivity index (χ0v) is 17.1. The lowest BCUT2D eigenvalue weighted by Crippen LogP contribution is -2.44. The molecule has 1 aliphatic heterocycles. The minimum atomic E-state index is -3.12. The molecule has 148 valence electrons. The van der Waals surface area contributed by atoms with E-state index in [1.165, 1.54) is 37.6 Å². The molecule has 1 fully saturated rings. The van der Waals surface area contributed by atoms with Crippen molar-refractivity contribution in [1.29, 1.82) is 0 Å². The van der Waals surface area contributed by atoms with Gasteiger partial charge in [-0.25, -0.2) is 13.2 Å². The van der Waals surface area contributed by atoms with E-state index in [2.05, 4.69) is 0 Å². The van der Waals surface area contributed by atoms with Gasteiger partial charge in [-0.2, -0.15) is 0 Å². The monoisotopic (exact) mass is 413 g/mol. The van der Waals surface area contributed by atoms with Gasteiger partial charge in [-0.15, -0.1) is 11.8 Å². The van der Waals surface area contributed by atoms with E-state index < -0.39 is 33.9 Å². The van der Waals surface area contributed by atoms with Gasteiger partial charge in [0.2, 0.25) is 0 Å². The van der Waals surface area contributed by atoms with Gasteiger partial charge in [0.15, 0.2) is 15.9 Å². The van der Waals surface area contributed by atoms with Gasteiger partial charge in [-0.1, -0.05) is 12.1 Å². The molecule has 9 heteroatoms. The summed E-state index contributed by atoms with van der Waals surface area (Å²) in [4.78, 5) is 38.1. The molecule has 1 saturated heterocycles. The Kier molecular flexibility index (Phi) is 7.05.